The van der Waals surface area contributed by atoms with Gasteiger partial charge in [-0.3, -0.25) is 9.48 Å². The average molecular weight is 331 g/mol. The van der Waals surface area contributed by atoms with Crippen molar-refractivity contribution < 1.29 is 0 Å². The first kappa shape index (κ1) is 13.4. The zero-order valence-corrected chi connectivity index (χ0v) is 12.5. The summed E-state index contributed by atoms with van der Waals surface area (Å²) in [5.74, 6) is 0. The fraction of sp³-hybridized carbons (Fsp3) is 0.333. The maximum Gasteiger partial charge on any atom is 0.250 e. The van der Waals surface area contributed by atoms with Crippen LogP contribution in [0.4, 0.5) is 0 Å². The highest BCUT2D eigenvalue weighted by atomic mass is 79.9. The lowest BCUT2D eigenvalue weighted by Gasteiger charge is -2.08. The van der Waals surface area contributed by atoms with Gasteiger partial charge in [-0.2, -0.15) is 5.10 Å². The monoisotopic (exact) mass is 329 g/mol. The van der Waals surface area contributed by atoms with E-state index in [1.807, 2.05) is 18.5 Å². The molecule has 0 saturated heterocycles. The van der Waals surface area contributed by atoms with E-state index in [4.69, 9.17) is 11.6 Å². The van der Waals surface area contributed by atoms with Gasteiger partial charge in [0.2, 0.25) is 0 Å². The molecule has 96 valence electrons. The van der Waals surface area contributed by atoms with E-state index in [2.05, 4.69) is 21.0 Å². The molecule has 0 fully saturated rings. The molecule has 18 heavy (non-hydrogen) atoms. The van der Waals surface area contributed by atoms with Crippen LogP contribution in [0, 0.1) is 6.92 Å². The highest BCUT2D eigenvalue weighted by Crippen LogP contribution is 2.21. The van der Waals surface area contributed by atoms with Crippen molar-refractivity contribution in [1.82, 2.24) is 14.3 Å². The summed E-state index contributed by atoms with van der Waals surface area (Å²) < 4.78 is 4.29. The van der Waals surface area contributed by atoms with Crippen molar-refractivity contribution in [2.45, 2.75) is 26.9 Å². The van der Waals surface area contributed by atoms with Crippen LogP contribution >= 0.6 is 27.5 Å². The topological polar surface area (TPSA) is 39.8 Å². The van der Waals surface area contributed by atoms with Gasteiger partial charge in [0.25, 0.3) is 5.56 Å². The van der Waals surface area contributed by atoms with Crippen LogP contribution in [0.2, 0.25) is 5.02 Å². The predicted octanol–water partition coefficient (Wildman–Crippen LogP) is 2.84. The predicted molar refractivity (Wildman–Crippen MR) is 75.2 cm³/mol. The molecule has 0 bridgehead atoms. The highest BCUT2D eigenvalue weighted by molar-refractivity contribution is 9.10. The molecule has 0 aliphatic heterocycles. The van der Waals surface area contributed by atoms with Crippen LogP contribution in [0.1, 0.15) is 18.3 Å². The van der Waals surface area contributed by atoms with E-state index in [1.54, 1.807) is 16.8 Å². The molecule has 2 aromatic heterocycles. The Balaban J connectivity index is 2.45. The molecular weight excluding hydrogens is 318 g/mol. The van der Waals surface area contributed by atoms with Crippen molar-refractivity contribution in [2.24, 2.45) is 0 Å². The second kappa shape index (κ2) is 5.28. The first-order chi connectivity index (χ1) is 8.52. The van der Waals surface area contributed by atoms with Crippen LogP contribution in [-0.2, 0) is 13.1 Å². The van der Waals surface area contributed by atoms with Gasteiger partial charge in [0.05, 0.1) is 23.0 Å². The molecule has 0 aliphatic carbocycles. The minimum atomic E-state index is -0.0595. The van der Waals surface area contributed by atoms with Gasteiger partial charge < -0.3 is 4.57 Å². The summed E-state index contributed by atoms with van der Waals surface area (Å²) in [5, 5.41) is 4.96. The fourth-order valence-corrected chi connectivity index (χ4v) is 2.38. The Morgan fingerprint density at radius 3 is 2.83 bits per heavy atom. The standard InChI is InChI=1S/C12H13BrClN3O/c1-3-17-10(12(14)8(2)15-17)7-16-6-9(13)4-5-11(16)18/h4-6H,3,7H2,1-2H3. The van der Waals surface area contributed by atoms with E-state index in [1.165, 1.54) is 6.07 Å². The number of pyridine rings is 1. The second-order valence-corrected chi connectivity index (χ2v) is 5.27. The van der Waals surface area contributed by atoms with Gasteiger partial charge in [0.1, 0.15) is 0 Å². The minimum absolute atomic E-state index is 0.0595. The zero-order chi connectivity index (χ0) is 13.3. The van der Waals surface area contributed by atoms with E-state index in [-0.39, 0.29) is 5.56 Å². The van der Waals surface area contributed by atoms with Crippen LogP contribution in [0.3, 0.4) is 0 Å². The number of aryl methyl sites for hydroxylation is 2. The maximum atomic E-state index is 11.8. The molecule has 0 aliphatic rings. The van der Waals surface area contributed by atoms with Gasteiger partial charge in [0.15, 0.2) is 0 Å². The van der Waals surface area contributed by atoms with Gasteiger partial charge in [-0.15, -0.1) is 0 Å². The van der Waals surface area contributed by atoms with Crippen molar-refractivity contribution >= 4 is 27.5 Å². The molecule has 0 atom stereocenters. The third-order valence-corrected chi connectivity index (χ3v) is 3.68. The summed E-state index contributed by atoms with van der Waals surface area (Å²) in [5.41, 5.74) is 1.59. The largest absolute Gasteiger partial charge is 0.308 e. The number of halogens is 2. The summed E-state index contributed by atoms with van der Waals surface area (Å²) in [6, 6.07) is 3.25. The van der Waals surface area contributed by atoms with Gasteiger partial charge in [-0.25, -0.2) is 0 Å². The smallest absolute Gasteiger partial charge is 0.250 e. The van der Waals surface area contributed by atoms with E-state index in [0.29, 0.717) is 11.6 Å². The van der Waals surface area contributed by atoms with E-state index in [9.17, 15) is 4.79 Å². The normalized spacial score (nSPS) is 10.9. The Hall–Kier alpha value is -1.07. The Kier molecular flexibility index (Phi) is 3.92. The van der Waals surface area contributed by atoms with E-state index < -0.39 is 0 Å². The van der Waals surface area contributed by atoms with Crippen LogP contribution in [0.25, 0.3) is 0 Å². The Morgan fingerprint density at radius 2 is 2.17 bits per heavy atom. The lowest BCUT2D eigenvalue weighted by molar-refractivity contribution is 0.591. The number of hydrogen-bond donors (Lipinski definition) is 0. The first-order valence-electron chi connectivity index (χ1n) is 5.60. The quantitative estimate of drug-likeness (QED) is 0.868. The number of aromatic nitrogens is 3. The van der Waals surface area contributed by atoms with Crippen LogP contribution in [0.15, 0.2) is 27.6 Å². The molecule has 2 rings (SSSR count). The molecule has 0 spiro atoms. The molecule has 2 heterocycles. The van der Waals surface area contributed by atoms with Gasteiger partial charge >= 0.3 is 0 Å². The average Bonchev–Trinajstić information content (AvgIpc) is 2.61. The molecule has 0 saturated carbocycles. The fourth-order valence-electron chi connectivity index (χ4n) is 1.81. The molecule has 0 radical (unpaired) electrons. The van der Waals surface area contributed by atoms with Crippen LogP contribution < -0.4 is 5.56 Å². The van der Waals surface area contributed by atoms with E-state index in [0.717, 1.165) is 22.4 Å². The van der Waals surface area contributed by atoms with Crippen molar-refractivity contribution in [1.29, 1.82) is 0 Å². The molecular formula is C12H13BrClN3O. The molecule has 0 aromatic carbocycles. The van der Waals surface area contributed by atoms with Crippen molar-refractivity contribution in [3.8, 4) is 0 Å². The molecule has 0 amide bonds. The number of rotatable bonds is 3. The van der Waals surface area contributed by atoms with Crippen molar-refractivity contribution in [3.63, 3.8) is 0 Å². The van der Waals surface area contributed by atoms with Crippen molar-refractivity contribution in [2.75, 3.05) is 0 Å². The summed E-state index contributed by atoms with van der Waals surface area (Å²) >= 11 is 9.58. The third kappa shape index (κ3) is 2.52. The first-order valence-corrected chi connectivity index (χ1v) is 6.77. The summed E-state index contributed by atoms with van der Waals surface area (Å²) in [7, 11) is 0. The van der Waals surface area contributed by atoms with Crippen LogP contribution in [-0.4, -0.2) is 14.3 Å². The Labute approximate surface area is 118 Å². The zero-order valence-electron chi connectivity index (χ0n) is 10.2. The maximum absolute atomic E-state index is 11.8. The molecule has 6 heteroatoms. The lowest BCUT2D eigenvalue weighted by atomic mass is 10.3. The highest BCUT2D eigenvalue weighted by Gasteiger charge is 2.13. The van der Waals surface area contributed by atoms with Crippen LogP contribution in [0.5, 0.6) is 0 Å². The minimum Gasteiger partial charge on any atom is -0.308 e. The van der Waals surface area contributed by atoms with Gasteiger partial charge in [-0.1, -0.05) is 11.6 Å². The lowest BCUT2D eigenvalue weighted by Crippen LogP contribution is -2.20. The summed E-state index contributed by atoms with van der Waals surface area (Å²) in [6.07, 6.45) is 1.75. The van der Waals surface area contributed by atoms with E-state index >= 15 is 0 Å². The number of hydrogen-bond acceptors (Lipinski definition) is 2. The van der Waals surface area contributed by atoms with Crippen molar-refractivity contribution in [3.05, 3.63) is 49.6 Å². The molecule has 0 N–H and O–H groups in total. The van der Waals surface area contributed by atoms with Gasteiger partial charge in [-0.05, 0) is 35.8 Å². The SMILES string of the molecule is CCn1nc(C)c(Cl)c1Cn1cc(Br)ccc1=O. The molecule has 4 nitrogen and oxygen atoms in total. The molecule has 0 unspecified atom stereocenters. The molecule has 2 aromatic rings. The third-order valence-electron chi connectivity index (χ3n) is 2.72. The summed E-state index contributed by atoms with van der Waals surface area (Å²) in [6.45, 7) is 5.01. The number of nitrogens with zero attached hydrogens (tertiary/aromatic N) is 3. The van der Waals surface area contributed by atoms with Gasteiger partial charge in [0, 0.05) is 23.3 Å². The Morgan fingerprint density at radius 1 is 1.44 bits per heavy atom. The summed E-state index contributed by atoms with van der Waals surface area (Å²) in [4.78, 5) is 11.8. The Bertz CT molecular complexity index is 633. The second-order valence-electron chi connectivity index (χ2n) is 3.98.